The van der Waals surface area contributed by atoms with Crippen molar-refractivity contribution < 1.29 is 28.8 Å². The second kappa shape index (κ2) is 39.7. The lowest BCUT2D eigenvalue weighted by Gasteiger charge is -2.28. The number of likely N-dealkylation sites (tertiary alicyclic amines) is 1. The zero-order valence-corrected chi connectivity index (χ0v) is 63.2. The van der Waals surface area contributed by atoms with Gasteiger partial charge in [0, 0.05) is 110 Å². The molecule has 0 radical (unpaired) electrons. The van der Waals surface area contributed by atoms with Gasteiger partial charge < -0.3 is 63.0 Å². The van der Waals surface area contributed by atoms with Gasteiger partial charge in [0.1, 0.15) is 0 Å². The van der Waals surface area contributed by atoms with Crippen LogP contribution in [0.4, 0.5) is 0 Å². The number of hydrogen-bond acceptors (Lipinski definition) is 12. The van der Waals surface area contributed by atoms with E-state index >= 15 is 0 Å². The first kappa shape index (κ1) is 79.0. The summed E-state index contributed by atoms with van der Waals surface area (Å²) in [5.74, 6) is 0.534. The fourth-order valence-electron chi connectivity index (χ4n) is 15.0. The summed E-state index contributed by atoms with van der Waals surface area (Å²) in [6, 6.07) is 66.4. The zero-order valence-electron chi connectivity index (χ0n) is 61.7. The van der Waals surface area contributed by atoms with Crippen LogP contribution in [0.5, 0.6) is 0 Å². The summed E-state index contributed by atoms with van der Waals surface area (Å²) < 4.78 is 0. The molecular formula is C87H104Cl2N12O6. The highest BCUT2D eigenvalue weighted by Crippen LogP contribution is 2.26. The number of nitrogens with two attached hydrogens (primary N) is 2. The van der Waals surface area contributed by atoms with E-state index in [1.54, 1.807) is 6.07 Å². The number of amides is 6. The normalized spacial score (nSPS) is 19.9. The van der Waals surface area contributed by atoms with Gasteiger partial charge in [-0.2, -0.15) is 0 Å². The van der Waals surface area contributed by atoms with E-state index < -0.39 is 0 Å². The summed E-state index contributed by atoms with van der Waals surface area (Å²) in [4.78, 5) is 87.3. The Labute approximate surface area is 640 Å². The van der Waals surface area contributed by atoms with Crippen molar-refractivity contribution in [1.82, 2.24) is 51.5 Å². The van der Waals surface area contributed by atoms with Gasteiger partial charge in [-0.15, -0.1) is 0 Å². The number of nitrogens with zero attached hydrogens (tertiary/aromatic N) is 4. The smallest absolute Gasteiger partial charge is 0.251 e. The van der Waals surface area contributed by atoms with Crippen molar-refractivity contribution in [1.29, 1.82) is 0 Å². The highest BCUT2D eigenvalue weighted by atomic mass is 35.5. The number of rotatable bonds is 25. The molecule has 13 rings (SSSR count). The number of hydrogen-bond donors (Lipinski definition) is 8. The second-order valence-corrected chi connectivity index (χ2v) is 29.9. The van der Waals surface area contributed by atoms with Crippen LogP contribution in [0, 0.1) is 0 Å². The third kappa shape index (κ3) is 22.7. The minimum Gasteiger partial charge on any atom is -0.350 e. The Morgan fingerprint density at radius 1 is 0.430 bits per heavy atom. The molecule has 0 saturated carbocycles. The molecule has 4 fully saturated rings. The van der Waals surface area contributed by atoms with Crippen molar-refractivity contribution in [2.45, 2.75) is 126 Å². The molecule has 9 aromatic rings. The molecule has 4 aliphatic heterocycles. The van der Waals surface area contributed by atoms with Crippen molar-refractivity contribution in [3.05, 3.63) is 250 Å². The van der Waals surface area contributed by atoms with E-state index in [1.807, 2.05) is 191 Å². The first-order chi connectivity index (χ1) is 52.0. The summed E-state index contributed by atoms with van der Waals surface area (Å²) in [5.41, 5.74) is 16.8. The second-order valence-electron chi connectivity index (χ2n) is 29.0. The van der Waals surface area contributed by atoms with Crippen LogP contribution in [0.2, 0.25) is 10.0 Å². The first-order valence-corrected chi connectivity index (χ1v) is 38.9. The fourth-order valence-corrected chi connectivity index (χ4v) is 15.5. The van der Waals surface area contributed by atoms with Crippen LogP contribution in [-0.2, 0) is 20.9 Å². The lowest BCUT2D eigenvalue weighted by Crippen LogP contribution is -2.53. The molecule has 107 heavy (non-hydrogen) atoms. The summed E-state index contributed by atoms with van der Waals surface area (Å²) in [5, 5.41) is 27.4. The summed E-state index contributed by atoms with van der Waals surface area (Å²) in [7, 11) is 0. The quantitative estimate of drug-likeness (QED) is 0.0267. The average molecular weight is 1480 g/mol. The molecule has 8 atom stereocenters. The van der Waals surface area contributed by atoms with Crippen LogP contribution < -0.4 is 43.4 Å². The van der Waals surface area contributed by atoms with Gasteiger partial charge in [0.25, 0.3) is 17.7 Å². The number of fused-ring (bicyclic) bond motifs is 3. The third-order valence-electron chi connectivity index (χ3n) is 21.0. The van der Waals surface area contributed by atoms with E-state index in [4.69, 9.17) is 34.7 Å². The van der Waals surface area contributed by atoms with Crippen molar-refractivity contribution in [3.63, 3.8) is 0 Å². The maximum atomic E-state index is 13.6. The van der Waals surface area contributed by atoms with Crippen LogP contribution in [-0.4, -0.2) is 176 Å². The number of benzene rings is 9. The number of halogens is 2. The summed E-state index contributed by atoms with van der Waals surface area (Å²) in [6.07, 6.45) is 7.57. The number of carbonyl (C=O) groups excluding carboxylic acids is 6. The average Bonchev–Trinajstić information content (AvgIpc) is 1.56. The SMILES string of the molecule is C[C@@H](CN1CC[C@@H](CNC(=O)c2ccc3ccccc3c2)N[C@@H](CCCN)C1=O)c1ccccc1.C[C@H](CN1CC[C@@H](CNC(=O)c2ccc3ccccc3c2)N[C@@H](CCCN)C1=O)c1ccccc1.O=C(NC[C@@H]1CCN(Cc2cc(Cl)cc(Cl)c2)C(=O)[C@H](CN2CCCC2)N1)c1ccc2ccccc2c1. The van der Waals surface area contributed by atoms with Gasteiger partial charge in [-0.05, 0) is 199 Å². The lowest BCUT2D eigenvalue weighted by atomic mass is 10.00. The summed E-state index contributed by atoms with van der Waals surface area (Å²) in [6.45, 7) is 13.2. The van der Waals surface area contributed by atoms with Crippen LogP contribution in [0.15, 0.2) is 206 Å². The van der Waals surface area contributed by atoms with Crippen molar-refractivity contribution in [2.24, 2.45) is 11.5 Å². The van der Waals surface area contributed by atoms with Gasteiger partial charge >= 0.3 is 0 Å². The van der Waals surface area contributed by atoms with E-state index in [2.05, 4.69) is 74.9 Å². The molecule has 20 heteroatoms. The Hall–Kier alpha value is -9.08. The van der Waals surface area contributed by atoms with Gasteiger partial charge in [-0.25, -0.2) is 0 Å². The van der Waals surface area contributed by atoms with Crippen molar-refractivity contribution in [3.8, 4) is 0 Å². The van der Waals surface area contributed by atoms with Gasteiger partial charge in [0.15, 0.2) is 0 Å². The minimum atomic E-state index is -0.335. The standard InChI is InChI=1S/C29H32Cl2N4O2.2C29H36N4O2/c30-24-13-20(14-25(31)16-24)18-35-12-9-26(33-27(29(35)37)19-34-10-3-4-11-34)17-32-28(36)23-8-7-21-5-1-2-6-22(21)15-23;2*1-21(22-8-3-2-4-9-22)20-33-17-15-26(32-27(29(33)35)12-7-16-30)19-31-28(34)25-14-13-23-10-5-6-11-24(23)18-25/h1-2,5-8,13-16,26-27,33H,3-4,9-12,17-19H2,(H,32,36);2*2-6,8-11,13-14,18,21,26-27,32H,7,12,15-17,19-20,30H2,1H3,(H,31,34)/t26-,27-;21-,26+,27+;21-,26-,27-/m010/s1. The number of carbonyl (C=O) groups is 6. The van der Waals surface area contributed by atoms with Crippen LogP contribution in [0.1, 0.15) is 131 Å². The van der Waals surface area contributed by atoms with Crippen molar-refractivity contribution >= 4 is 91.0 Å². The molecular weight excluding hydrogens is 1380 g/mol. The Kier molecular flexibility index (Phi) is 29.3. The monoisotopic (exact) mass is 1480 g/mol. The number of nitrogens with one attached hydrogen (secondary N) is 6. The summed E-state index contributed by atoms with van der Waals surface area (Å²) >= 11 is 12.4. The van der Waals surface area contributed by atoms with E-state index in [1.165, 1.54) is 11.1 Å². The van der Waals surface area contributed by atoms with E-state index in [0.717, 1.165) is 95.9 Å². The van der Waals surface area contributed by atoms with Crippen LogP contribution in [0.25, 0.3) is 32.3 Å². The highest BCUT2D eigenvalue weighted by Gasteiger charge is 2.36. The molecule has 0 aromatic heterocycles. The molecule has 0 unspecified atom stereocenters. The molecule has 18 nitrogen and oxygen atoms in total. The van der Waals surface area contributed by atoms with E-state index in [0.29, 0.717) is 118 Å². The molecule has 562 valence electrons. The van der Waals surface area contributed by atoms with Crippen LogP contribution >= 0.6 is 23.2 Å². The Balaban J connectivity index is 0.000000160. The maximum Gasteiger partial charge on any atom is 0.251 e. The molecule has 0 spiro atoms. The molecule has 0 aliphatic carbocycles. The van der Waals surface area contributed by atoms with Gasteiger partial charge in [-0.3, -0.25) is 28.8 Å². The maximum absolute atomic E-state index is 13.6. The van der Waals surface area contributed by atoms with Gasteiger partial charge in [0.2, 0.25) is 17.7 Å². The van der Waals surface area contributed by atoms with Crippen molar-refractivity contribution in [2.75, 3.05) is 85.1 Å². The molecule has 6 amide bonds. The lowest BCUT2D eigenvalue weighted by molar-refractivity contribution is -0.134. The minimum absolute atomic E-state index is 0.0168. The van der Waals surface area contributed by atoms with Gasteiger partial charge in [-0.1, -0.05) is 189 Å². The molecule has 10 N–H and O–H groups in total. The topological polar surface area (TPSA) is 240 Å². The Bertz CT molecular complexity index is 4230. The predicted octanol–water partition coefficient (Wildman–Crippen LogP) is 12.1. The third-order valence-corrected chi connectivity index (χ3v) is 21.4. The molecule has 0 bridgehead atoms. The van der Waals surface area contributed by atoms with Gasteiger partial charge in [0.05, 0.1) is 18.1 Å². The Morgan fingerprint density at radius 2 is 0.776 bits per heavy atom. The van der Waals surface area contributed by atoms with Crippen LogP contribution in [0.3, 0.4) is 0 Å². The zero-order chi connectivity index (χ0) is 75.0. The van der Waals surface area contributed by atoms with E-state index in [9.17, 15) is 28.8 Å². The molecule has 4 aliphatic rings. The highest BCUT2D eigenvalue weighted by molar-refractivity contribution is 6.34. The predicted molar refractivity (Wildman–Crippen MR) is 432 cm³/mol. The molecule has 4 heterocycles. The molecule has 9 aromatic carbocycles. The molecule has 4 saturated heterocycles. The van der Waals surface area contributed by atoms with E-state index in [-0.39, 0.29) is 83.5 Å². The first-order valence-electron chi connectivity index (χ1n) is 38.2. The Morgan fingerprint density at radius 3 is 1.16 bits per heavy atom. The fraction of sp³-hybridized carbons (Fsp3) is 0.379. The largest absolute Gasteiger partial charge is 0.350 e.